The third-order valence-electron chi connectivity index (χ3n) is 5.15. The van der Waals surface area contributed by atoms with Crippen molar-refractivity contribution in [3.05, 3.63) is 127 Å². The van der Waals surface area contributed by atoms with Crippen LogP contribution in [0.25, 0.3) is 12.2 Å². The number of aryl methyl sites for hydroxylation is 2. The summed E-state index contributed by atoms with van der Waals surface area (Å²) in [4.78, 5) is 0. The number of aromatic hydroxyl groups is 2. The van der Waals surface area contributed by atoms with Gasteiger partial charge in [-0.25, -0.2) is 0 Å². The summed E-state index contributed by atoms with van der Waals surface area (Å²) >= 11 is 0. The first kappa shape index (κ1) is 30.5. The summed E-state index contributed by atoms with van der Waals surface area (Å²) in [7, 11) is 3.19. The Morgan fingerprint density at radius 1 is 0.611 bits per heavy atom. The van der Waals surface area contributed by atoms with Gasteiger partial charge in [-0.3, -0.25) is 0 Å². The van der Waals surface area contributed by atoms with Crippen molar-refractivity contribution in [3.8, 4) is 23.0 Å². The van der Waals surface area contributed by atoms with Crippen LogP contribution in [0.1, 0.15) is 23.7 Å². The maximum atomic E-state index is 9.54. The number of hydrogen-bond donors (Lipinski definition) is 2. The maximum Gasteiger partial charge on any atom is 0.123 e. The van der Waals surface area contributed by atoms with Crippen molar-refractivity contribution in [3.63, 3.8) is 0 Å². The first-order valence-electron chi connectivity index (χ1n) is 11.1. The van der Waals surface area contributed by atoms with Crippen LogP contribution in [-0.2, 0) is 33.3 Å². The molecule has 36 heavy (non-hydrogen) atoms. The van der Waals surface area contributed by atoms with Crippen molar-refractivity contribution in [1.29, 1.82) is 0 Å². The van der Waals surface area contributed by atoms with Crippen LogP contribution < -0.4 is 9.47 Å². The van der Waals surface area contributed by atoms with E-state index in [-0.39, 0.29) is 40.8 Å². The average molecular weight is 578 g/mol. The molecule has 0 fully saturated rings. The predicted octanol–water partition coefficient (Wildman–Crippen LogP) is 7.45. The Morgan fingerprint density at radius 2 is 1.11 bits per heavy atom. The second-order valence-corrected chi connectivity index (χ2v) is 7.73. The third kappa shape index (κ3) is 10.4. The summed E-state index contributed by atoms with van der Waals surface area (Å²) in [6.07, 6.45) is 5.80. The van der Waals surface area contributed by atoms with Crippen molar-refractivity contribution in [2.45, 2.75) is 12.8 Å². The zero-order chi connectivity index (χ0) is 24.2. The zero-order valence-electron chi connectivity index (χ0n) is 20.8. The molecule has 0 aliphatic heterocycles. The number of ether oxygens (including phenoxy) is 2. The smallest absolute Gasteiger partial charge is 0.123 e. The third-order valence-corrected chi connectivity index (χ3v) is 5.15. The fourth-order valence-electron chi connectivity index (χ4n) is 3.42. The Bertz CT molecular complexity index is 1200. The maximum absolute atomic E-state index is 9.54. The first-order valence-corrected chi connectivity index (χ1v) is 11.1. The van der Waals surface area contributed by atoms with Gasteiger partial charge in [0, 0.05) is 34.0 Å². The molecule has 0 atom stereocenters. The molecule has 0 aromatic heterocycles. The number of rotatable bonds is 7. The molecule has 0 saturated heterocycles. The van der Waals surface area contributed by atoms with E-state index in [9.17, 15) is 10.2 Å². The van der Waals surface area contributed by atoms with Crippen LogP contribution in [0, 0.1) is 7.43 Å². The molecule has 0 aliphatic carbocycles. The average Bonchev–Trinajstić information content (AvgIpc) is 2.87. The SMILES string of the molecule is COc1cc(O)cc(/C=C/c2ccccc2)c1.COc1cc(O)cc(CCc2ccccc2)c1.[CH3-].[HH].[Pd]. The molecule has 0 amide bonds. The van der Waals surface area contributed by atoms with Gasteiger partial charge < -0.3 is 27.1 Å². The quantitative estimate of drug-likeness (QED) is 0.136. The van der Waals surface area contributed by atoms with E-state index in [2.05, 4.69) is 12.1 Å². The van der Waals surface area contributed by atoms with E-state index < -0.39 is 0 Å². The van der Waals surface area contributed by atoms with Crippen LogP contribution in [0.5, 0.6) is 23.0 Å². The molecule has 0 radical (unpaired) electrons. The van der Waals surface area contributed by atoms with Gasteiger partial charge in [0.15, 0.2) is 0 Å². The molecule has 0 unspecified atom stereocenters. The fourth-order valence-corrected chi connectivity index (χ4v) is 3.42. The molecule has 4 aromatic carbocycles. The van der Waals surface area contributed by atoms with Crippen LogP contribution in [0.4, 0.5) is 0 Å². The van der Waals surface area contributed by atoms with Crippen LogP contribution in [0.2, 0.25) is 0 Å². The largest absolute Gasteiger partial charge is 0.508 e. The Hall–Kier alpha value is -3.52. The van der Waals surface area contributed by atoms with Crippen LogP contribution >= 0.6 is 0 Å². The van der Waals surface area contributed by atoms with E-state index in [1.165, 1.54) is 5.56 Å². The second kappa shape index (κ2) is 16.2. The molecule has 4 rings (SSSR count). The second-order valence-electron chi connectivity index (χ2n) is 7.73. The van der Waals surface area contributed by atoms with E-state index in [4.69, 9.17) is 9.47 Å². The molecule has 0 bridgehead atoms. The number of phenols is 2. The van der Waals surface area contributed by atoms with Gasteiger partial charge in [0.2, 0.25) is 0 Å². The van der Waals surface area contributed by atoms with E-state index >= 15 is 0 Å². The van der Waals surface area contributed by atoms with Crippen molar-refractivity contribution in [1.82, 2.24) is 0 Å². The minimum atomic E-state index is 0. The Morgan fingerprint density at radius 3 is 1.72 bits per heavy atom. The molecule has 0 aliphatic rings. The van der Waals surface area contributed by atoms with Crippen LogP contribution in [0.3, 0.4) is 0 Å². The molecule has 4 aromatic rings. The van der Waals surface area contributed by atoms with Crippen molar-refractivity contribution in [2.24, 2.45) is 0 Å². The summed E-state index contributed by atoms with van der Waals surface area (Å²) in [5.74, 6) is 1.82. The Kier molecular flexibility index (Phi) is 13.7. The van der Waals surface area contributed by atoms with Crippen molar-refractivity contribution in [2.75, 3.05) is 14.2 Å². The molecular formula is C31H35O4Pd-. The van der Waals surface area contributed by atoms with Crippen molar-refractivity contribution >= 4 is 12.2 Å². The minimum Gasteiger partial charge on any atom is -0.508 e. The summed E-state index contributed by atoms with van der Waals surface area (Å²) < 4.78 is 10.2. The summed E-state index contributed by atoms with van der Waals surface area (Å²) in [5, 5.41) is 19.1. The van der Waals surface area contributed by atoms with E-state index in [1.54, 1.807) is 38.5 Å². The van der Waals surface area contributed by atoms with E-state index in [0.717, 1.165) is 29.5 Å². The molecule has 4 nitrogen and oxygen atoms in total. The number of benzene rings is 4. The molecule has 0 spiro atoms. The predicted molar refractivity (Wildman–Crippen MR) is 147 cm³/mol. The molecular weight excluding hydrogens is 543 g/mol. The van der Waals surface area contributed by atoms with Gasteiger partial charge in [-0.05, 0) is 59.4 Å². The topological polar surface area (TPSA) is 58.9 Å². The summed E-state index contributed by atoms with van der Waals surface area (Å²) in [5.41, 5.74) is 4.42. The van der Waals surface area contributed by atoms with Crippen LogP contribution in [0.15, 0.2) is 97.1 Å². The molecule has 2 N–H and O–H groups in total. The van der Waals surface area contributed by atoms with Gasteiger partial charge in [0.1, 0.15) is 23.0 Å². The first-order chi connectivity index (χ1) is 16.6. The summed E-state index contributed by atoms with van der Waals surface area (Å²) in [6, 6.07) is 30.8. The van der Waals surface area contributed by atoms with Gasteiger partial charge >= 0.3 is 0 Å². The molecule has 0 saturated carbocycles. The van der Waals surface area contributed by atoms with E-state index in [1.807, 2.05) is 72.8 Å². The van der Waals surface area contributed by atoms with Gasteiger partial charge in [0.05, 0.1) is 14.2 Å². The molecule has 194 valence electrons. The van der Waals surface area contributed by atoms with Gasteiger partial charge in [0.25, 0.3) is 0 Å². The monoisotopic (exact) mass is 577 g/mol. The Labute approximate surface area is 230 Å². The van der Waals surface area contributed by atoms with Gasteiger partial charge in [-0.1, -0.05) is 72.8 Å². The molecule has 5 heteroatoms. The Balaban J connectivity index is 0.000000648. The number of phenolic OH excluding ortho intramolecular Hbond substituents is 2. The number of methoxy groups -OCH3 is 2. The van der Waals surface area contributed by atoms with Gasteiger partial charge in [-0.2, -0.15) is 0 Å². The normalized spacial score (nSPS) is 9.83. The van der Waals surface area contributed by atoms with E-state index in [0.29, 0.717) is 11.5 Å². The fraction of sp³-hybridized carbons (Fsp3) is 0.129. The standard InChI is InChI=1S/C15H16O2.C15H14O2.CH3.Pd.H2/c2*1-17-15-10-13(9-14(16)11-15)8-7-12-5-3-2-4-6-12;;;/h2-6,9-11,16H,7-8H2,1H3;2-11,16H,1H3;1H3;;1H/q;;-1;;/b;8-7+;;;. The molecule has 0 heterocycles. The van der Waals surface area contributed by atoms with Crippen LogP contribution in [-0.4, -0.2) is 24.4 Å². The zero-order valence-corrected chi connectivity index (χ0v) is 22.4. The van der Waals surface area contributed by atoms with Gasteiger partial charge in [-0.15, -0.1) is 0 Å². The summed E-state index contributed by atoms with van der Waals surface area (Å²) in [6.45, 7) is 0. The minimum absolute atomic E-state index is 0. The number of hydrogen-bond acceptors (Lipinski definition) is 4. The van der Waals surface area contributed by atoms with Crippen molar-refractivity contribution < 1.29 is 41.5 Å².